The summed E-state index contributed by atoms with van der Waals surface area (Å²) in [5.41, 5.74) is 2.63. The Bertz CT molecular complexity index is 789. The molecule has 1 N–H and O–H groups in total. The molecule has 2 aromatic rings. The molecule has 0 fully saturated rings. The van der Waals surface area contributed by atoms with Gasteiger partial charge in [-0.3, -0.25) is 14.5 Å². The molecule has 0 aromatic heterocycles. The van der Waals surface area contributed by atoms with E-state index < -0.39 is 0 Å². The number of methoxy groups -OCH3 is 2. The fourth-order valence-corrected chi connectivity index (χ4v) is 2.58. The zero-order valence-electron chi connectivity index (χ0n) is 15.5. The summed E-state index contributed by atoms with van der Waals surface area (Å²) >= 11 is 0. The summed E-state index contributed by atoms with van der Waals surface area (Å²) in [6.07, 6.45) is 0. The molecule has 0 radical (unpaired) electrons. The molecule has 0 heterocycles. The summed E-state index contributed by atoms with van der Waals surface area (Å²) < 4.78 is 10.5. The van der Waals surface area contributed by atoms with Gasteiger partial charge in [0.15, 0.2) is 0 Å². The zero-order chi connectivity index (χ0) is 19.1. The second-order valence-corrected chi connectivity index (χ2v) is 5.85. The lowest BCUT2D eigenvalue weighted by atomic mass is 10.1. The Hall–Kier alpha value is -3.02. The van der Waals surface area contributed by atoms with Gasteiger partial charge in [0, 0.05) is 19.5 Å². The van der Waals surface area contributed by atoms with Crippen molar-refractivity contribution in [3.05, 3.63) is 53.6 Å². The van der Waals surface area contributed by atoms with E-state index in [1.165, 1.54) is 18.9 Å². The third kappa shape index (κ3) is 4.75. The van der Waals surface area contributed by atoms with Crippen LogP contribution in [0.25, 0.3) is 0 Å². The Labute approximate surface area is 153 Å². The predicted molar refractivity (Wildman–Crippen MR) is 101 cm³/mol. The molecule has 0 saturated heterocycles. The highest BCUT2D eigenvalue weighted by atomic mass is 16.5. The van der Waals surface area contributed by atoms with Gasteiger partial charge >= 0.3 is 0 Å². The summed E-state index contributed by atoms with van der Waals surface area (Å²) in [5, 5.41) is 2.86. The fraction of sp³-hybridized carbons (Fsp3) is 0.300. The number of carbonyl (C=O) groups is 2. The normalized spacial score (nSPS) is 10.2. The first-order valence-electron chi connectivity index (χ1n) is 8.27. The first kappa shape index (κ1) is 19.3. The largest absolute Gasteiger partial charge is 0.497 e. The SMILES string of the molecule is COc1ccc(OC)c(N(CC(=O)NCc2ccccc2C)C(C)=O)c1. The van der Waals surface area contributed by atoms with E-state index in [-0.39, 0.29) is 18.4 Å². The minimum atomic E-state index is -0.261. The van der Waals surface area contributed by atoms with Crippen LogP contribution in [0.5, 0.6) is 11.5 Å². The van der Waals surface area contributed by atoms with E-state index in [0.717, 1.165) is 11.1 Å². The Morgan fingerprint density at radius 2 is 1.81 bits per heavy atom. The van der Waals surface area contributed by atoms with Gasteiger partial charge in [-0.2, -0.15) is 0 Å². The lowest BCUT2D eigenvalue weighted by Gasteiger charge is -2.23. The Balaban J connectivity index is 2.14. The number of carbonyl (C=O) groups excluding carboxylic acids is 2. The number of ether oxygens (including phenoxy) is 2. The zero-order valence-corrected chi connectivity index (χ0v) is 15.5. The Morgan fingerprint density at radius 1 is 1.08 bits per heavy atom. The summed E-state index contributed by atoms with van der Waals surface area (Å²) in [7, 11) is 3.06. The van der Waals surface area contributed by atoms with Crippen LogP contribution in [-0.4, -0.2) is 32.6 Å². The van der Waals surface area contributed by atoms with E-state index in [0.29, 0.717) is 23.7 Å². The number of aryl methyl sites for hydroxylation is 1. The standard InChI is InChI=1S/C20H24N2O4/c1-14-7-5-6-8-16(14)12-21-20(24)13-22(15(2)23)18-11-17(25-3)9-10-19(18)26-4/h5-11H,12-13H2,1-4H3,(H,21,24). The van der Waals surface area contributed by atoms with Crippen molar-refractivity contribution in [3.8, 4) is 11.5 Å². The molecule has 0 aliphatic rings. The van der Waals surface area contributed by atoms with Crippen molar-refractivity contribution in [2.45, 2.75) is 20.4 Å². The number of benzene rings is 2. The van der Waals surface area contributed by atoms with E-state index in [4.69, 9.17) is 9.47 Å². The van der Waals surface area contributed by atoms with Gasteiger partial charge < -0.3 is 14.8 Å². The number of rotatable bonds is 7. The highest BCUT2D eigenvalue weighted by molar-refractivity contribution is 5.98. The molecule has 138 valence electrons. The summed E-state index contributed by atoms with van der Waals surface area (Å²) in [6, 6.07) is 12.9. The number of nitrogens with one attached hydrogen (secondary N) is 1. The van der Waals surface area contributed by atoms with Crippen LogP contribution in [0.3, 0.4) is 0 Å². The second kappa shape index (κ2) is 8.89. The van der Waals surface area contributed by atoms with E-state index in [1.807, 2.05) is 31.2 Å². The Kier molecular flexibility index (Phi) is 6.60. The van der Waals surface area contributed by atoms with Crippen molar-refractivity contribution < 1.29 is 19.1 Å². The number of anilines is 1. The van der Waals surface area contributed by atoms with Gasteiger partial charge in [-0.1, -0.05) is 24.3 Å². The maximum Gasteiger partial charge on any atom is 0.240 e. The second-order valence-electron chi connectivity index (χ2n) is 5.85. The van der Waals surface area contributed by atoms with Crippen molar-refractivity contribution in [1.82, 2.24) is 5.32 Å². The summed E-state index contributed by atoms with van der Waals surface area (Å²) in [4.78, 5) is 25.9. The highest BCUT2D eigenvalue weighted by Crippen LogP contribution is 2.32. The van der Waals surface area contributed by atoms with E-state index in [1.54, 1.807) is 25.3 Å². The van der Waals surface area contributed by atoms with Crippen molar-refractivity contribution in [3.63, 3.8) is 0 Å². The number of nitrogens with zero attached hydrogens (tertiary/aromatic N) is 1. The van der Waals surface area contributed by atoms with Crippen LogP contribution in [0, 0.1) is 6.92 Å². The maximum absolute atomic E-state index is 12.4. The number of amides is 2. The van der Waals surface area contributed by atoms with Crippen molar-refractivity contribution in [2.75, 3.05) is 25.7 Å². The Morgan fingerprint density at radius 3 is 2.42 bits per heavy atom. The van der Waals surface area contributed by atoms with Crippen molar-refractivity contribution in [1.29, 1.82) is 0 Å². The number of hydrogen-bond acceptors (Lipinski definition) is 4. The van der Waals surface area contributed by atoms with Crippen LogP contribution in [0.2, 0.25) is 0 Å². The molecule has 0 aliphatic carbocycles. The van der Waals surface area contributed by atoms with Gasteiger partial charge in [0.25, 0.3) is 0 Å². The molecule has 0 spiro atoms. The molecule has 0 aliphatic heterocycles. The minimum Gasteiger partial charge on any atom is -0.497 e. The molecule has 0 bridgehead atoms. The third-order valence-electron chi connectivity index (χ3n) is 4.10. The topological polar surface area (TPSA) is 67.9 Å². The fourth-order valence-electron chi connectivity index (χ4n) is 2.58. The van der Waals surface area contributed by atoms with E-state index in [2.05, 4.69) is 5.32 Å². The van der Waals surface area contributed by atoms with Crippen molar-refractivity contribution >= 4 is 17.5 Å². The lowest BCUT2D eigenvalue weighted by molar-refractivity contribution is -0.123. The van der Waals surface area contributed by atoms with Gasteiger partial charge in [0.2, 0.25) is 11.8 Å². The van der Waals surface area contributed by atoms with Crippen LogP contribution >= 0.6 is 0 Å². The summed E-state index contributed by atoms with van der Waals surface area (Å²) in [5.74, 6) is 0.552. The van der Waals surface area contributed by atoms with Gasteiger partial charge in [-0.25, -0.2) is 0 Å². The maximum atomic E-state index is 12.4. The average molecular weight is 356 g/mol. The molecule has 26 heavy (non-hydrogen) atoms. The van der Waals surface area contributed by atoms with Gasteiger partial charge in [0.1, 0.15) is 18.0 Å². The highest BCUT2D eigenvalue weighted by Gasteiger charge is 2.20. The van der Waals surface area contributed by atoms with Crippen LogP contribution in [0.15, 0.2) is 42.5 Å². The summed E-state index contributed by atoms with van der Waals surface area (Å²) in [6.45, 7) is 3.70. The van der Waals surface area contributed by atoms with Gasteiger partial charge in [0.05, 0.1) is 19.9 Å². The van der Waals surface area contributed by atoms with Crippen LogP contribution < -0.4 is 19.7 Å². The average Bonchev–Trinajstić information content (AvgIpc) is 2.64. The van der Waals surface area contributed by atoms with Crippen LogP contribution in [0.4, 0.5) is 5.69 Å². The quantitative estimate of drug-likeness (QED) is 0.828. The van der Waals surface area contributed by atoms with Gasteiger partial charge in [-0.15, -0.1) is 0 Å². The molecule has 0 unspecified atom stereocenters. The minimum absolute atomic E-state index is 0.106. The van der Waals surface area contributed by atoms with E-state index in [9.17, 15) is 9.59 Å². The molecule has 0 saturated carbocycles. The predicted octanol–water partition coefficient (Wildman–Crippen LogP) is 2.68. The molecule has 0 atom stereocenters. The van der Waals surface area contributed by atoms with Crippen LogP contribution in [-0.2, 0) is 16.1 Å². The van der Waals surface area contributed by atoms with Gasteiger partial charge in [-0.05, 0) is 30.2 Å². The smallest absolute Gasteiger partial charge is 0.240 e. The first-order valence-corrected chi connectivity index (χ1v) is 8.27. The van der Waals surface area contributed by atoms with Crippen LogP contribution in [0.1, 0.15) is 18.1 Å². The molecule has 6 nitrogen and oxygen atoms in total. The molecular formula is C20H24N2O4. The first-order chi connectivity index (χ1) is 12.5. The molecule has 2 rings (SSSR count). The van der Waals surface area contributed by atoms with Crippen molar-refractivity contribution in [2.24, 2.45) is 0 Å². The molecule has 6 heteroatoms. The monoisotopic (exact) mass is 356 g/mol. The molecule has 2 amide bonds. The third-order valence-corrected chi connectivity index (χ3v) is 4.10. The molecule has 2 aromatic carbocycles. The van der Waals surface area contributed by atoms with E-state index >= 15 is 0 Å². The number of hydrogen-bond donors (Lipinski definition) is 1. The lowest BCUT2D eigenvalue weighted by Crippen LogP contribution is -2.39. The molecular weight excluding hydrogens is 332 g/mol.